The maximum atomic E-state index is 11.8. The molecule has 0 spiro atoms. The Balaban J connectivity index is 1.46. The highest BCUT2D eigenvalue weighted by Crippen LogP contribution is 2.10. The molecular weight excluding hydrogens is 314 g/mol. The number of nitrogens with zero attached hydrogens (tertiary/aromatic N) is 1. The molecule has 128 valence electrons. The Morgan fingerprint density at radius 1 is 1.22 bits per heavy atom. The van der Waals surface area contributed by atoms with E-state index in [0.717, 1.165) is 56.4 Å². The lowest BCUT2D eigenvalue weighted by Crippen LogP contribution is -2.40. The molecule has 1 heterocycles. The fraction of sp³-hybridized carbons (Fsp3) is 0.588. The first-order valence-corrected chi connectivity index (χ1v) is 8.64. The Hall–Kier alpha value is -1.14. The van der Waals surface area contributed by atoms with E-state index in [9.17, 15) is 4.79 Å². The molecule has 0 radical (unpaired) electrons. The summed E-state index contributed by atoms with van der Waals surface area (Å²) in [5.74, 6) is 0.0888. The van der Waals surface area contributed by atoms with E-state index in [1.54, 1.807) is 0 Å². The summed E-state index contributed by atoms with van der Waals surface area (Å²) in [7, 11) is 0. The highest BCUT2D eigenvalue weighted by molar-refractivity contribution is 6.30. The van der Waals surface area contributed by atoms with Gasteiger partial charge in [-0.1, -0.05) is 23.7 Å². The van der Waals surface area contributed by atoms with Crippen LogP contribution in [0.1, 0.15) is 12.0 Å². The average molecular weight is 340 g/mol. The highest BCUT2D eigenvalue weighted by Gasteiger charge is 2.09. The summed E-state index contributed by atoms with van der Waals surface area (Å²) in [6.45, 7) is 6.96. The van der Waals surface area contributed by atoms with E-state index in [0.29, 0.717) is 19.5 Å². The summed E-state index contributed by atoms with van der Waals surface area (Å²) in [5.41, 5.74) is 1.14. The number of rotatable bonds is 9. The second-order valence-corrected chi connectivity index (χ2v) is 6.12. The molecule has 0 saturated carbocycles. The van der Waals surface area contributed by atoms with Gasteiger partial charge in [-0.2, -0.15) is 0 Å². The molecule has 1 aliphatic heterocycles. The van der Waals surface area contributed by atoms with Crippen molar-refractivity contribution < 1.29 is 9.53 Å². The molecule has 1 aliphatic rings. The van der Waals surface area contributed by atoms with Gasteiger partial charge < -0.3 is 15.4 Å². The normalized spacial score (nSPS) is 15.5. The smallest absolute Gasteiger partial charge is 0.221 e. The number of hydrogen-bond acceptors (Lipinski definition) is 4. The van der Waals surface area contributed by atoms with Crippen LogP contribution >= 0.6 is 11.6 Å². The fourth-order valence-electron chi connectivity index (χ4n) is 2.52. The summed E-state index contributed by atoms with van der Waals surface area (Å²) in [5, 5.41) is 6.99. The molecule has 0 unspecified atom stereocenters. The lowest BCUT2D eigenvalue weighted by molar-refractivity contribution is -0.120. The third-order valence-corrected chi connectivity index (χ3v) is 4.10. The van der Waals surface area contributed by atoms with E-state index in [1.807, 2.05) is 24.3 Å². The number of carbonyl (C=O) groups excluding carboxylic acids is 1. The predicted molar refractivity (Wildman–Crippen MR) is 92.9 cm³/mol. The Labute approximate surface area is 143 Å². The Kier molecular flexibility index (Phi) is 8.39. The van der Waals surface area contributed by atoms with Crippen LogP contribution in [0.3, 0.4) is 0 Å². The molecular formula is C17H26ClN3O2. The molecule has 2 N–H and O–H groups in total. The zero-order valence-corrected chi connectivity index (χ0v) is 14.3. The van der Waals surface area contributed by atoms with Crippen LogP contribution in [-0.4, -0.2) is 63.3 Å². The molecule has 0 atom stereocenters. The summed E-state index contributed by atoms with van der Waals surface area (Å²) < 4.78 is 5.31. The molecule has 23 heavy (non-hydrogen) atoms. The molecule has 1 fully saturated rings. The third kappa shape index (κ3) is 7.79. The van der Waals surface area contributed by atoms with Gasteiger partial charge in [0, 0.05) is 50.7 Å². The Morgan fingerprint density at radius 2 is 2.04 bits per heavy atom. The van der Waals surface area contributed by atoms with Gasteiger partial charge in [-0.05, 0) is 24.1 Å². The van der Waals surface area contributed by atoms with Crippen LogP contribution in [0.25, 0.3) is 0 Å². The summed E-state index contributed by atoms with van der Waals surface area (Å²) >= 11 is 5.93. The molecule has 1 amide bonds. The first kappa shape index (κ1) is 18.2. The molecule has 2 rings (SSSR count). The summed E-state index contributed by atoms with van der Waals surface area (Å²) in [6, 6.07) is 7.73. The van der Waals surface area contributed by atoms with Crippen LogP contribution in [0.2, 0.25) is 5.02 Å². The average Bonchev–Trinajstić information content (AvgIpc) is 2.55. The lowest BCUT2D eigenvalue weighted by Gasteiger charge is -2.26. The van der Waals surface area contributed by atoms with Crippen LogP contribution in [0.5, 0.6) is 0 Å². The van der Waals surface area contributed by atoms with Gasteiger partial charge in [-0.15, -0.1) is 0 Å². The second kappa shape index (κ2) is 10.6. The lowest BCUT2D eigenvalue weighted by atomic mass is 10.1. The quantitative estimate of drug-likeness (QED) is 0.666. The van der Waals surface area contributed by atoms with E-state index in [2.05, 4.69) is 15.5 Å². The van der Waals surface area contributed by atoms with Gasteiger partial charge in [0.1, 0.15) is 0 Å². The first-order chi connectivity index (χ1) is 11.2. The minimum Gasteiger partial charge on any atom is -0.379 e. The first-order valence-electron chi connectivity index (χ1n) is 8.26. The molecule has 0 aliphatic carbocycles. The van der Waals surface area contributed by atoms with Crippen molar-refractivity contribution >= 4 is 17.5 Å². The molecule has 1 aromatic rings. The molecule has 0 bridgehead atoms. The number of carbonyl (C=O) groups is 1. The van der Waals surface area contributed by atoms with Crippen LogP contribution < -0.4 is 10.6 Å². The minimum absolute atomic E-state index is 0.0888. The molecule has 6 heteroatoms. The van der Waals surface area contributed by atoms with Crippen molar-refractivity contribution in [1.82, 2.24) is 15.5 Å². The largest absolute Gasteiger partial charge is 0.379 e. The van der Waals surface area contributed by atoms with Crippen LogP contribution in [0.4, 0.5) is 0 Å². The predicted octanol–water partition coefficient (Wildman–Crippen LogP) is 1.31. The van der Waals surface area contributed by atoms with Crippen molar-refractivity contribution in [1.29, 1.82) is 0 Å². The van der Waals surface area contributed by atoms with Crippen LogP contribution in [0, 0.1) is 0 Å². The van der Waals surface area contributed by atoms with E-state index in [4.69, 9.17) is 16.3 Å². The SMILES string of the molecule is O=C(CCNCCN1CCOCC1)NCCc1cccc(Cl)c1. The monoisotopic (exact) mass is 339 g/mol. The van der Waals surface area contributed by atoms with Crippen molar-refractivity contribution in [2.75, 3.05) is 52.5 Å². The Bertz CT molecular complexity index is 479. The number of hydrogen-bond donors (Lipinski definition) is 2. The minimum atomic E-state index is 0.0888. The number of nitrogens with one attached hydrogen (secondary N) is 2. The number of halogens is 1. The molecule has 5 nitrogen and oxygen atoms in total. The summed E-state index contributed by atoms with van der Waals surface area (Å²) in [6.07, 6.45) is 1.31. The van der Waals surface area contributed by atoms with Gasteiger partial charge in [0.05, 0.1) is 13.2 Å². The van der Waals surface area contributed by atoms with Crippen molar-refractivity contribution in [3.63, 3.8) is 0 Å². The number of amides is 1. The van der Waals surface area contributed by atoms with E-state index < -0.39 is 0 Å². The standard InChI is InChI=1S/C17H26ClN3O2/c18-16-3-1-2-15(14-16)4-7-20-17(22)5-6-19-8-9-21-10-12-23-13-11-21/h1-3,14,19H,4-13H2,(H,20,22). The van der Waals surface area contributed by atoms with E-state index in [-0.39, 0.29) is 5.91 Å². The third-order valence-electron chi connectivity index (χ3n) is 3.86. The maximum absolute atomic E-state index is 11.8. The van der Waals surface area contributed by atoms with Gasteiger partial charge in [0.2, 0.25) is 5.91 Å². The van der Waals surface area contributed by atoms with Gasteiger partial charge in [-0.25, -0.2) is 0 Å². The van der Waals surface area contributed by atoms with Crippen molar-refractivity contribution in [3.05, 3.63) is 34.9 Å². The molecule has 0 aromatic heterocycles. The van der Waals surface area contributed by atoms with Crippen LogP contribution in [-0.2, 0) is 16.0 Å². The van der Waals surface area contributed by atoms with Gasteiger partial charge >= 0.3 is 0 Å². The Morgan fingerprint density at radius 3 is 2.83 bits per heavy atom. The van der Waals surface area contributed by atoms with E-state index in [1.165, 1.54) is 0 Å². The van der Waals surface area contributed by atoms with Crippen molar-refractivity contribution in [2.24, 2.45) is 0 Å². The fourth-order valence-corrected chi connectivity index (χ4v) is 2.73. The zero-order valence-electron chi connectivity index (χ0n) is 13.5. The van der Waals surface area contributed by atoms with Crippen molar-refractivity contribution in [3.8, 4) is 0 Å². The van der Waals surface area contributed by atoms with Crippen molar-refractivity contribution in [2.45, 2.75) is 12.8 Å². The van der Waals surface area contributed by atoms with Gasteiger partial charge in [0.15, 0.2) is 0 Å². The number of morpholine rings is 1. The highest BCUT2D eigenvalue weighted by atomic mass is 35.5. The van der Waals surface area contributed by atoms with E-state index >= 15 is 0 Å². The number of ether oxygens (including phenoxy) is 1. The summed E-state index contributed by atoms with van der Waals surface area (Å²) in [4.78, 5) is 14.1. The molecule has 1 aromatic carbocycles. The second-order valence-electron chi connectivity index (χ2n) is 5.68. The maximum Gasteiger partial charge on any atom is 0.221 e. The zero-order chi connectivity index (χ0) is 16.3. The van der Waals surface area contributed by atoms with Crippen LogP contribution in [0.15, 0.2) is 24.3 Å². The van der Waals surface area contributed by atoms with Gasteiger partial charge in [-0.3, -0.25) is 9.69 Å². The topological polar surface area (TPSA) is 53.6 Å². The van der Waals surface area contributed by atoms with Gasteiger partial charge in [0.25, 0.3) is 0 Å². The molecule has 1 saturated heterocycles. The number of benzene rings is 1.